The van der Waals surface area contributed by atoms with E-state index >= 15 is 0 Å². The molecule has 0 heterocycles. The maximum Gasteiger partial charge on any atom is 0.169 e. The SMILES string of the molecule is Oc1ccc(CCc2ccc(Oc3cccc(CCc4cccc(O)c4)c3)c(O)c2)cc1. The van der Waals surface area contributed by atoms with Gasteiger partial charge >= 0.3 is 0 Å². The zero-order valence-electron chi connectivity index (χ0n) is 17.7. The van der Waals surface area contributed by atoms with Crippen molar-refractivity contribution < 1.29 is 20.1 Å². The van der Waals surface area contributed by atoms with E-state index in [1.54, 1.807) is 36.4 Å². The number of hydrogen-bond donors (Lipinski definition) is 3. The van der Waals surface area contributed by atoms with E-state index in [9.17, 15) is 15.3 Å². The molecule has 0 saturated carbocycles. The van der Waals surface area contributed by atoms with E-state index in [2.05, 4.69) is 0 Å². The van der Waals surface area contributed by atoms with Gasteiger partial charge in [-0.1, -0.05) is 42.5 Å². The van der Waals surface area contributed by atoms with E-state index < -0.39 is 0 Å². The summed E-state index contributed by atoms with van der Waals surface area (Å²) in [4.78, 5) is 0. The summed E-state index contributed by atoms with van der Waals surface area (Å²) in [7, 11) is 0. The van der Waals surface area contributed by atoms with Crippen LogP contribution in [0.4, 0.5) is 0 Å². The van der Waals surface area contributed by atoms with Gasteiger partial charge in [-0.2, -0.15) is 0 Å². The summed E-state index contributed by atoms with van der Waals surface area (Å²) in [6.07, 6.45) is 3.24. The maximum absolute atomic E-state index is 10.5. The molecule has 0 spiro atoms. The normalized spacial score (nSPS) is 10.8. The standard InChI is InChI=1S/C28H26O4/c29-24-14-11-20(12-15-24)7-8-23-13-16-28(27(31)19-23)32-26-6-2-4-22(18-26)10-9-21-3-1-5-25(30)17-21/h1-6,11-19,29-31H,7-10H2. The minimum Gasteiger partial charge on any atom is -0.508 e. The van der Waals surface area contributed by atoms with Crippen molar-refractivity contribution in [1.29, 1.82) is 0 Å². The van der Waals surface area contributed by atoms with Gasteiger partial charge < -0.3 is 20.1 Å². The fraction of sp³-hybridized carbons (Fsp3) is 0.143. The highest BCUT2D eigenvalue weighted by Gasteiger charge is 2.07. The van der Waals surface area contributed by atoms with Gasteiger partial charge in [0.1, 0.15) is 17.2 Å². The second-order valence-corrected chi connectivity index (χ2v) is 7.89. The monoisotopic (exact) mass is 426 g/mol. The van der Waals surface area contributed by atoms with Crippen molar-refractivity contribution in [2.24, 2.45) is 0 Å². The van der Waals surface area contributed by atoms with Gasteiger partial charge in [-0.25, -0.2) is 0 Å². The maximum atomic E-state index is 10.5. The Morgan fingerprint density at radius 1 is 0.500 bits per heavy atom. The van der Waals surface area contributed by atoms with Crippen LogP contribution in [-0.2, 0) is 25.7 Å². The molecule has 4 aromatic rings. The summed E-state index contributed by atoms with van der Waals surface area (Å²) < 4.78 is 5.93. The molecule has 0 saturated heterocycles. The van der Waals surface area contributed by atoms with Crippen LogP contribution in [0, 0.1) is 0 Å². The molecule has 0 unspecified atom stereocenters. The third-order valence-corrected chi connectivity index (χ3v) is 5.40. The van der Waals surface area contributed by atoms with Crippen LogP contribution < -0.4 is 4.74 Å². The van der Waals surface area contributed by atoms with Gasteiger partial charge in [0.2, 0.25) is 0 Å². The molecule has 4 nitrogen and oxygen atoms in total. The highest BCUT2D eigenvalue weighted by atomic mass is 16.5. The largest absolute Gasteiger partial charge is 0.508 e. The average molecular weight is 427 g/mol. The lowest BCUT2D eigenvalue weighted by Crippen LogP contribution is -1.94. The molecule has 0 aliphatic carbocycles. The molecular weight excluding hydrogens is 400 g/mol. The van der Waals surface area contributed by atoms with Crippen molar-refractivity contribution in [1.82, 2.24) is 0 Å². The molecule has 4 heteroatoms. The lowest BCUT2D eigenvalue weighted by molar-refractivity contribution is 0.410. The molecule has 0 radical (unpaired) electrons. The number of rotatable bonds is 8. The second-order valence-electron chi connectivity index (χ2n) is 7.89. The molecule has 0 amide bonds. The van der Waals surface area contributed by atoms with Crippen LogP contribution in [0.1, 0.15) is 22.3 Å². The third-order valence-electron chi connectivity index (χ3n) is 5.40. The minimum absolute atomic E-state index is 0.110. The van der Waals surface area contributed by atoms with Crippen molar-refractivity contribution in [3.63, 3.8) is 0 Å². The number of hydrogen-bond acceptors (Lipinski definition) is 4. The molecule has 0 aromatic heterocycles. The molecular formula is C28H26O4. The highest BCUT2D eigenvalue weighted by Crippen LogP contribution is 2.32. The predicted octanol–water partition coefficient (Wildman–Crippen LogP) is 6.17. The molecule has 162 valence electrons. The fourth-order valence-electron chi connectivity index (χ4n) is 3.65. The van der Waals surface area contributed by atoms with Gasteiger partial charge in [0.25, 0.3) is 0 Å². The Balaban J connectivity index is 1.37. The molecule has 4 aromatic carbocycles. The summed E-state index contributed by atoms with van der Waals surface area (Å²) >= 11 is 0. The second kappa shape index (κ2) is 9.92. The van der Waals surface area contributed by atoms with Crippen LogP contribution in [0.15, 0.2) is 91.0 Å². The minimum atomic E-state index is 0.110. The van der Waals surface area contributed by atoms with Crippen molar-refractivity contribution in [3.8, 4) is 28.7 Å². The Labute approximate surface area is 188 Å². The lowest BCUT2D eigenvalue weighted by atomic mass is 10.0. The van der Waals surface area contributed by atoms with Crippen molar-refractivity contribution in [3.05, 3.63) is 113 Å². The first-order valence-corrected chi connectivity index (χ1v) is 10.7. The lowest BCUT2D eigenvalue weighted by Gasteiger charge is -2.11. The summed E-state index contributed by atoms with van der Waals surface area (Å²) in [6, 6.07) is 27.8. The molecule has 0 aliphatic heterocycles. The third kappa shape index (κ3) is 5.82. The molecule has 0 bridgehead atoms. The van der Waals surface area contributed by atoms with Crippen LogP contribution in [0.5, 0.6) is 28.7 Å². The van der Waals surface area contributed by atoms with Gasteiger partial charge in [0.05, 0.1) is 0 Å². The molecule has 4 rings (SSSR count). The summed E-state index contributed by atoms with van der Waals surface area (Å²) in [5, 5.41) is 29.4. The first-order chi connectivity index (χ1) is 15.5. The summed E-state index contributed by atoms with van der Waals surface area (Å²) in [6.45, 7) is 0. The van der Waals surface area contributed by atoms with Gasteiger partial charge in [-0.05, 0) is 96.5 Å². The first-order valence-electron chi connectivity index (χ1n) is 10.7. The number of phenolic OH excluding ortho intramolecular Hbond substituents is 3. The fourth-order valence-corrected chi connectivity index (χ4v) is 3.65. The zero-order valence-corrected chi connectivity index (χ0v) is 17.7. The van der Waals surface area contributed by atoms with Crippen LogP contribution in [0.25, 0.3) is 0 Å². The Kier molecular flexibility index (Phi) is 6.61. The van der Waals surface area contributed by atoms with Crippen molar-refractivity contribution >= 4 is 0 Å². The topological polar surface area (TPSA) is 69.9 Å². The van der Waals surface area contributed by atoms with Gasteiger partial charge in [0.15, 0.2) is 11.5 Å². The number of phenols is 3. The van der Waals surface area contributed by atoms with Crippen molar-refractivity contribution in [2.75, 3.05) is 0 Å². The number of aryl methyl sites for hydroxylation is 4. The summed E-state index contributed by atoms with van der Waals surface area (Å²) in [5.74, 6) is 1.74. The molecule has 3 N–H and O–H groups in total. The van der Waals surface area contributed by atoms with E-state index in [4.69, 9.17) is 4.74 Å². The highest BCUT2D eigenvalue weighted by molar-refractivity contribution is 5.45. The Hall–Kier alpha value is -3.92. The van der Waals surface area contributed by atoms with E-state index in [0.717, 1.165) is 47.9 Å². The van der Waals surface area contributed by atoms with E-state index in [0.29, 0.717) is 11.5 Å². The smallest absolute Gasteiger partial charge is 0.169 e. The number of ether oxygens (including phenoxy) is 1. The van der Waals surface area contributed by atoms with Crippen LogP contribution in [0.2, 0.25) is 0 Å². The predicted molar refractivity (Wildman–Crippen MR) is 126 cm³/mol. The van der Waals surface area contributed by atoms with E-state index in [1.807, 2.05) is 54.6 Å². The zero-order chi connectivity index (χ0) is 22.3. The van der Waals surface area contributed by atoms with Crippen LogP contribution in [-0.4, -0.2) is 15.3 Å². The van der Waals surface area contributed by atoms with Crippen LogP contribution in [0.3, 0.4) is 0 Å². The summed E-state index contributed by atoms with van der Waals surface area (Å²) in [5.41, 5.74) is 4.35. The van der Waals surface area contributed by atoms with Crippen molar-refractivity contribution in [2.45, 2.75) is 25.7 Å². The Morgan fingerprint density at radius 2 is 1.09 bits per heavy atom. The first kappa shape index (κ1) is 21.3. The van der Waals surface area contributed by atoms with Gasteiger partial charge in [-0.15, -0.1) is 0 Å². The van der Waals surface area contributed by atoms with Gasteiger partial charge in [0, 0.05) is 0 Å². The van der Waals surface area contributed by atoms with Crippen LogP contribution >= 0.6 is 0 Å². The average Bonchev–Trinajstić information content (AvgIpc) is 2.79. The Morgan fingerprint density at radius 3 is 1.78 bits per heavy atom. The Bertz CT molecular complexity index is 1180. The van der Waals surface area contributed by atoms with E-state index in [1.165, 1.54) is 0 Å². The quantitative estimate of drug-likeness (QED) is 0.315. The molecule has 0 aliphatic rings. The molecule has 0 atom stereocenters. The molecule has 32 heavy (non-hydrogen) atoms. The molecule has 0 fully saturated rings. The number of benzene rings is 4. The number of aromatic hydroxyl groups is 3. The van der Waals surface area contributed by atoms with Gasteiger partial charge in [-0.3, -0.25) is 0 Å². The van der Waals surface area contributed by atoms with E-state index in [-0.39, 0.29) is 17.2 Å².